The molecule has 0 spiro atoms. The number of rotatable bonds is 1. The zero-order valence-corrected chi connectivity index (χ0v) is 12.8. The molecule has 1 fully saturated rings. The summed E-state index contributed by atoms with van der Waals surface area (Å²) in [6, 6.07) is 1.72. The van der Waals surface area contributed by atoms with Crippen LogP contribution in [-0.4, -0.2) is 52.4 Å². The lowest BCUT2D eigenvalue weighted by molar-refractivity contribution is 0.0450. The minimum Gasteiger partial charge on any atom is -0.397 e. The van der Waals surface area contributed by atoms with Crippen molar-refractivity contribution < 1.29 is 4.79 Å². The summed E-state index contributed by atoms with van der Waals surface area (Å²) in [5, 5.41) is 0. The predicted octanol–water partition coefficient (Wildman–Crippen LogP) is 1.53. The van der Waals surface area contributed by atoms with Gasteiger partial charge in [0.05, 0.1) is 23.1 Å². The Balaban J connectivity index is 2.07. The van der Waals surface area contributed by atoms with Crippen molar-refractivity contribution in [3.63, 3.8) is 0 Å². The van der Waals surface area contributed by atoms with Crippen LogP contribution in [0.5, 0.6) is 0 Å². The lowest BCUT2D eigenvalue weighted by Crippen LogP contribution is -2.54. The van der Waals surface area contributed by atoms with E-state index in [2.05, 4.69) is 30.7 Å². The second-order valence-electron chi connectivity index (χ2n) is 6.35. The molecule has 0 aliphatic carbocycles. The van der Waals surface area contributed by atoms with Crippen LogP contribution in [0.25, 0.3) is 0 Å². The average Bonchev–Trinajstić information content (AvgIpc) is 2.40. The number of hydrogen-bond acceptors (Lipinski definition) is 4. The summed E-state index contributed by atoms with van der Waals surface area (Å²) in [7, 11) is 0. The highest BCUT2D eigenvalue weighted by molar-refractivity contribution is 5.96. The van der Waals surface area contributed by atoms with Crippen LogP contribution in [-0.2, 0) is 0 Å². The van der Waals surface area contributed by atoms with Gasteiger partial charge < -0.3 is 10.6 Å². The molecular formula is C15H24N4O. The van der Waals surface area contributed by atoms with Gasteiger partial charge in [0.1, 0.15) is 0 Å². The summed E-state index contributed by atoms with van der Waals surface area (Å²) in [6.45, 7) is 11.8. The third-order valence-corrected chi connectivity index (χ3v) is 3.85. The second kappa shape index (κ2) is 5.40. The van der Waals surface area contributed by atoms with Crippen molar-refractivity contribution in [3.05, 3.63) is 23.5 Å². The molecule has 5 heteroatoms. The maximum absolute atomic E-state index is 12.5. The number of carbonyl (C=O) groups excluding carboxylic acids is 1. The third kappa shape index (κ3) is 3.10. The van der Waals surface area contributed by atoms with Crippen molar-refractivity contribution in [2.75, 3.05) is 31.9 Å². The standard InChI is InChI=1S/C15H24N4O/c1-11-13(9-12(16)10-17-11)14(20)18-5-7-19(8-6-18)15(2,3)4/h9-10H,5-8,16H2,1-4H3. The van der Waals surface area contributed by atoms with Crippen LogP contribution in [0.3, 0.4) is 0 Å². The number of piperazine rings is 1. The van der Waals surface area contributed by atoms with Crippen LogP contribution < -0.4 is 5.73 Å². The molecule has 110 valence electrons. The number of aryl methyl sites for hydroxylation is 1. The first-order valence-electron chi connectivity index (χ1n) is 7.05. The number of anilines is 1. The molecule has 1 aliphatic rings. The Labute approximate surface area is 120 Å². The molecule has 0 saturated carbocycles. The monoisotopic (exact) mass is 276 g/mol. The van der Waals surface area contributed by atoms with Gasteiger partial charge in [-0.3, -0.25) is 14.7 Å². The maximum atomic E-state index is 12.5. The van der Waals surface area contributed by atoms with Crippen molar-refractivity contribution in [2.24, 2.45) is 0 Å². The van der Waals surface area contributed by atoms with Crippen molar-refractivity contribution in [2.45, 2.75) is 33.2 Å². The lowest BCUT2D eigenvalue weighted by atomic mass is 10.0. The van der Waals surface area contributed by atoms with Gasteiger partial charge in [0.15, 0.2) is 0 Å². The molecule has 1 saturated heterocycles. The van der Waals surface area contributed by atoms with Crippen molar-refractivity contribution in [1.82, 2.24) is 14.8 Å². The van der Waals surface area contributed by atoms with E-state index in [9.17, 15) is 4.79 Å². The van der Waals surface area contributed by atoms with Crippen LogP contribution in [0.2, 0.25) is 0 Å². The Morgan fingerprint density at radius 2 is 1.85 bits per heavy atom. The number of aromatic nitrogens is 1. The number of amides is 1. The smallest absolute Gasteiger partial charge is 0.255 e. The molecule has 2 rings (SSSR count). The van der Waals surface area contributed by atoms with Gasteiger partial charge in [0, 0.05) is 31.7 Å². The quantitative estimate of drug-likeness (QED) is 0.845. The van der Waals surface area contributed by atoms with Gasteiger partial charge in [-0.05, 0) is 33.8 Å². The molecule has 0 atom stereocenters. The van der Waals surface area contributed by atoms with Gasteiger partial charge in [-0.1, -0.05) is 0 Å². The zero-order valence-electron chi connectivity index (χ0n) is 12.8. The highest BCUT2D eigenvalue weighted by Gasteiger charge is 2.28. The van der Waals surface area contributed by atoms with Gasteiger partial charge >= 0.3 is 0 Å². The summed E-state index contributed by atoms with van der Waals surface area (Å²) in [4.78, 5) is 21.0. The Morgan fingerprint density at radius 1 is 1.25 bits per heavy atom. The summed E-state index contributed by atoms with van der Waals surface area (Å²) >= 11 is 0. The molecule has 0 unspecified atom stereocenters. The molecule has 20 heavy (non-hydrogen) atoms. The van der Waals surface area contributed by atoms with E-state index in [-0.39, 0.29) is 11.4 Å². The van der Waals surface area contributed by atoms with Gasteiger partial charge in [0.25, 0.3) is 5.91 Å². The fourth-order valence-electron chi connectivity index (χ4n) is 2.52. The Hall–Kier alpha value is -1.62. The van der Waals surface area contributed by atoms with Crippen molar-refractivity contribution >= 4 is 11.6 Å². The average molecular weight is 276 g/mol. The Bertz CT molecular complexity index is 499. The number of carbonyl (C=O) groups is 1. The molecule has 0 aromatic carbocycles. The molecule has 1 amide bonds. The number of nitrogen functional groups attached to an aromatic ring is 1. The van der Waals surface area contributed by atoms with E-state index in [0.29, 0.717) is 11.3 Å². The molecule has 1 aromatic rings. The van der Waals surface area contributed by atoms with E-state index in [4.69, 9.17) is 5.73 Å². The maximum Gasteiger partial charge on any atom is 0.255 e. The van der Waals surface area contributed by atoms with Crippen LogP contribution in [0.1, 0.15) is 36.8 Å². The van der Waals surface area contributed by atoms with Crippen LogP contribution in [0, 0.1) is 6.92 Å². The van der Waals surface area contributed by atoms with E-state index in [1.54, 1.807) is 12.3 Å². The first-order valence-corrected chi connectivity index (χ1v) is 7.05. The SMILES string of the molecule is Cc1ncc(N)cc1C(=O)N1CCN(C(C)(C)C)CC1. The van der Waals surface area contributed by atoms with Crippen LogP contribution in [0.15, 0.2) is 12.3 Å². The van der Waals surface area contributed by atoms with Crippen molar-refractivity contribution in [3.8, 4) is 0 Å². The minimum absolute atomic E-state index is 0.0378. The Kier molecular flexibility index (Phi) is 3.99. The first kappa shape index (κ1) is 14.8. The Morgan fingerprint density at radius 3 is 2.40 bits per heavy atom. The van der Waals surface area contributed by atoms with E-state index in [1.807, 2.05) is 11.8 Å². The largest absolute Gasteiger partial charge is 0.397 e. The minimum atomic E-state index is 0.0378. The van der Waals surface area contributed by atoms with Crippen LogP contribution >= 0.6 is 0 Å². The molecule has 0 bridgehead atoms. The van der Waals surface area contributed by atoms with Gasteiger partial charge in [-0.25, -0.2) is 0 Å². The highest BCUT2D eigenvalue weighted by atomic mass is 16.2. The first-order chi connectivity index (χ1) is 9.29. The third-order valence-electron chi connectivity index (χ3n) is 3.85. The summed E-state index contributed by atoms with van der Waals surface area (Å²) in [6.07, 6.45) is 1.59. The molecular weight excluding hydrogens is 252 g/mol. The van der Waals surface area contributed by atoms with Gasteiger partial charge in [-0.2, -0.15) is 0 Å². The van der Waals surface area contributed by atoms with E-state index in [1.165, 1.54) is 0 Å². The van der Waals surface area contributed by atoms with Gasteiger partial charge in [-0.15, -0.1) is 0 Å². The van der Waals surface area contributed by atoms with E-state index >= 15 is 0 Å². The fraction of sp³-hybridized carbons (Fsp3) is 0.600. The zero-order chi connectivity index (χ0) is 14.9. The highest BCUT2D eigenvalue weighted by Crippen LogP contribution is 2.18. The van der Waals surface area contributed by atoms with Gasteiger partial charge in [0.2, 0.25) is 0 Å². The van der Waals surface area contributed by atoms with E-state index in [0.717, 1.165) is 31.9 Å². The van der Waals surface area contributed by atoms with Crippen molar-refractivity contribution in [1.29, 1.82) is 0 Å². The molecule has 0 radical (unpaired) electrons. The summed E-state index contributed by atoms with van der Waals surface area (Å²) in [5.41, 5.74) is 7.78. The summed E-state index contributed by atoms with van der Waals surface area (Å²) < 4.78 is 0. The molecule has 2 N–H and O–H groups in total. The molecule has 1 aliphatic heterocycles. The lowest BCUT2D eigenvalue weighted by Gasteiger charge is -2.42. The molecule has 5 nitrogen and oxygen atoms in total. The number of pyridine rings is 1. The number of hydrogen-bond donors (Lipinski definition) is 1. The number of nitrogens with zero attached hydrogens (tertiary/aromatic N) is 3. The van der Waals surface area contributed by atoms with E-state index < -0.39 is 0 Å². The molecule has 2 heterocycles. The summed E-state index contributed by atoms with van der Waals surface area (Å²) in [5.74, 6) is 0.0378. The van der Waals surface area contributed by atoms with Crippen LogP contribution in [0.4, 0.5) is 5.69 Å². The topological polar surface area (TPSA) is 62.5 Å². The molecule has 1 aromatic heterocycles. The predicted molar refractivity (Wildman–Crippen MR) is 80.6 cm³/mol. The number of nitrogens with two attached hydrogens (primary N) is 1. The fourth-order valence-corrected chi connectivity index (χ4v) is 2.52. The second-order valence-corrected chi connectivity index (χ2v) is 6.35. The normalized spacial score (nSPS) is 17.3.